The van der Waals surface area contributed by atoms with Gasteiger partial charge in [-0.15, -0.1) is 0 Å². The molecule has 156 valence electrons. The van der Waals surface area contributed by atoms with Crippen molar-refractivity contribution in [1.82, 2.24) is 5.32 Å². The zero-order valence-corrected chi connectivity index (χ0v) is 18.2. The molecule has 1 amide bonds. The molecule has 3 rings (SSSR count). The highest BCUT2D eigenvalue weighted by Crippen LogP contribution is 2.29. The van der Waals surface area contributed by atoms with Crippen LogP contribution in [0.25, 0.3) is 0 Å². The molecule has 7 heteroatoms. The summed E-state index contributed by atoms with van der Waals surface area (Å²) >= 11 is 6.12. The van der Waals surface area contributed by atoms with E-state index in [1.165, 1.54) is 12.1 Å². The van der Waals surface area contributed by atoms with E-state index in [0.29, 0.717) is 29.2 Å². The number of amides is 1. The lowest BCUT2D eigenvalue weighted by Gasteiger charge is -2.26. The van der Waals surface area contributed by atoms with Crippen molar-refractivity contribution in [2.75, 3.05) is 17.4 Å². The SMILES string of the molecule is Cc1ccc(Cl)cc1N(CC(=O)NCCc1ccccc1)S(=O)(=O)c1ccccc1. The summed E-state index contributed by atoms with van der Waals surface area (Å²) in [7, 11) is -3.95. The first-order valence-electron chi connectivity index (χ1n) is 9.52. The van der Waals surface area contributed by atoms with Gasteiger partial charge in [-0.1, -0.05) is 66.2 Å². The molecule has 30 heavy (non-hydrogen) atoms. The molecule has 1 N–H and O–H groups in total. The molecule has 5 nitrogen and oxygen atoms in total. The molecule has 0 heterocycles. The Labute approximate surface area is 182 Å². The number of nitrogens with one attached hydrogen (secondary N) is 1. The first-order chi connectivity index (χ1) is 14.4. The zero-order chi connectivity index (χ0) is 21.6. The van der Waals surface area contributed by atoms with Crippen LogP contribution in [-0.4, -0.2) is 27.4 Å². The van der Waals surface area contributed by atoms with E-state index < -0.39 is 10.0 Å². The Bertz CT molecular complexity index is 1100. The molecule has 3 aromatic carbocycles. The van der Waals surface area contributed by atoms with Gasteiger partial charge in [0.2, 0.25) is 5.91 Å². The van der Waals surface area contributed by atoms with Gasteiger partial charge in [-0.25, -0.2) is 8.42 Å². The molecule has 0 aliphatic carbocycles. The summed E-state index contributed by atoms with van der Waals surface area (Å²) in [6, 6.07) is 22.8. The van der Waals surface area contributed by atoms with Crippen molar-refractivity contribution >= 4 is 33.2 Å². The minimum Gasteiger partial charge on any atom is -0.354 e. The second kappa shape index (κ2) is 9.78. The lowest BCUT2D eigenvalue weighted by molar-refractivity contribution is -0.119. The number of hydrogen-bond donors (Lipinski definition) is 1. The number of rotatable bonds is 8. The van der Waals surface area contributed by atoms with Crippen molar-refractivity contribution in [3.05, 3.63) is 95.0 Å². The Hall–Kier alpha value is -2.83. The fourth-order valence-corrected chi connectivity index (χ4v) is 4.71. The summed E-state index contributed by atoms with van der Waals surface area (Å²) in [6.07, 6.45) is 0.661. The normalized spacial score (nSPS) is 11.1. The van der Waals surface area contributed by atoms with Gasteiger partial charge in [0.15, 0.2) is 0 Å². The molecule has 0 atom stereocenters. The topological polar surface area (TPSA) is 66.5 Å². The maximum absolute atomic E-state index is 13.3. The maximum atomic E-state index is 13.3. The molecule has 0 fully saturated rings. The molecule has 0 spiro atoms. The highest BCUT2D eigenvalue weighted by atomic mass is 35.5. The quantitative estimate of drug-likeness (QED) is 0.568. The first-order valence-corrected chi connectivity index (χ1v) is 11.3. The standard InChI is InChI=1S/C23H23ClN2O3S/c1-18-12-13-20(24)16-22(18)26(30(28,29)21-10-6-3-7-11-21)17-23(27)25-15-14-19-8-4-2-5-9-19/h2-13,16H,14-15,17H2,1H3,(H,25,27). The first kappa shape index (κ1) is 21.9. The Morgan fingerprint density at radius 2 is 1.60 bits per heavy atom. The molecule has 0 aliphatic heterocycles. The number of anilines is 1. The molecule has 0 bridgehead atoms. The third kappa shape index (κ3) is 5.40. The molecule has 0 saturated carbocycles. The van der Waals surface area contributed by atoms with Gasteiger partial charge in [0.1, 0.15) is 6.54 Å². The Kier molecular flexibility index (Phi) is 7.13. The molecule has 0 saturated heterocycles. The lowest BCUT2D eigenvalue weighted by Crippen LogP contribution is -2.41. The van der Waals surface area contributed by atoms with E-state index in [1.807, 2.05) is 30.3 Å². The van der Waals surface area contributed by atoms with Gasteiger partial charge in [0.25, 0.3) is 10.0 Å². The van der Waals surface area contributed by atoms with Gasteiger partial charge in [0.05, 0.1) is 10.6 Å². The summed E-state index contributed by atoms with van der Waals surface area (Å²) in [5.74, 6) is -0.384. The van der Waals surface area contributed by atoms with Crippen LogP contribution in [0.2, 0.25) is 5.02 Å². The van der Waals surface area contributed by atoms with Gasteiger partial charge >= 0.3 is 0 Å². The number of carbonyl (C=O) groups excluding carboxylic acids is 1. The van der Waals surface area contributed by atoms with Crippen molar-refractivity contribution < 1.29 is 13.2 Å². The molecule has 0 radical (unpaired) electrons. The molecular formula is C23H23ClN2O3S. The minimum absolute atomic E-state index is 0.112. The van der Waals surface area contributed by atoms with E-state index in [9.17, 15) is 13.2 Å². The highest BCUT2D eigenvalue weighted by molar-refractivity contribution is 7.92. The molecule has 0 aromatic heterocycles. The summed E-state index contributed by atoms with van der Waals surface area (Å²) in [5, 5.41) is 3.21. The third-order valence-corrected chi connectivity index (χ3v) is 6.65. The summed E-state index contributed by atoms with van der Waals surface area (Å²) in [4.78, 5) is 12.8. The molecule has 0 unspecified atom stereocenters. The minimum atomic E-state index is -3.95. The number of carbonyl (C=O) groups is 1. The van der Waals surface area contributed by atoms with E-state index in [-0.39, 0.29) is 17.3 Å². The predicted molar refractivity (Wildman–Crippen MR) is 120 cm³/mol. The van der Waals surface area contributed by atoms with Crippen LogP contribution >= 0.6 is 11.6 Å². The van der Waals surface area contributed by atoms with E-state index >= 15 is 0 Å². The fraction of sp³-hybridized carbons (Fsp3) is 0.174. The second-order valence-electron chi connectivity index (χ2n) is 6.84. The Morgan fingerprint density at radius 3 is 2.27 bits per heavy atom. The van der Waals surface area contributed by atoms with Gasteiger partial charge in [-0.05, 0) is 48.7 Å². The zero-order valence-electron chi connectivity index (χ0n) is 16.6. The van der Waals surface area contributed by atoms with Crippen molar-refractivity contribution in [1.29, 1.82) is 0 Å². The average molecular weight is 443 g/mol. The largest absolute Gasteiger partial charge is 0.354 e. The van der Waals surface area contributed by atoms with Crippen molar-refractivity contribution in [3.8, 4) is 0 Å². The lowest BCUT2D eigenvalue weighted by atomic mass is 10.1. The van der Waals surface area contributed by atoms with Gasteiger partial charge in [-0.2, -0.15) is 0 Å². The summed E-state index contributed by atoms with van der Waals surface area (Å²) in [6.45, 7) is 1.86. The van der Waals surface area contributed by atoms with E-state index in [0.717, 1.165) is 9.87 Å². The summed E-state index contributed by atoms with van der Waals surface area (Å²) < 4.78 is 27.8. The van der Waals surface area contributed by atoms with Crippen molar-refractivity contribution in [2.24, 2.45) is 0 Å². The number of hydrogen-bond acceptors (Lipinski definition) is 3. The Morgan fingerprint density at radius 1 is 0.967 bits per heavy atom. The second-order valence-corrected chi connectivity index (χ2v) is 9.14. The maximum Gasteiger partial charge on any atom is 0.264 e. The van der Waals surface area contributed by atoms with E-state index in [4.69, 9.17) is 11.6 Å². The molecule has 3 aromatic rings. The van der Waals surface area contributed by atoms with Gasteiger partial charge < -0.3 is 5.32 Å². The van der Waals surface area contributed by atoms with Crippen molar-refractivity contribution in [3.63, 3.8) is 0 Å². The van der Waals surface area contributed by atoms with E-state index in [1.54, 1.807) is 43.3 Å². The molecule has 0 aliphatic rings. The van der Waals surface area contributed by atoms with Gasteiger partial charge in [0, 0.05) is 11.6 Å². The van der Waals surface area contributed by atoms with Crippen LogP contribution in [0.1, 0.15) is 11.1 Å². The highest BCUT2D eigenvalue weighted by Gasteiger charge is 2.28. The monoisotopic (exact) mass is 442 g/mol. The fourth-order valence-electron chi connectivity index (χ4n) is 3.05. The number of halogens is 1. The van der Waals surface area contributed by atoms with Crippen LogP contribution < -0.4 is 9.62 Å². The molecular weight excluding hydrogens is 420 g/mol. The number of nitrogens with zero attached hydrogens (tertiary/aromatic N) is 1. The van der Waals surface area contributed by atoms with Crippen molar-refractivity contribution in [2.45, 2.75) is 18.2 Å². The smallest absolute Gasteiger partial charge is 0.264 e. The van der Waals surface area contributed by atoms with E-state index in [2.05, 4.69) is 5.32 Å². The number of benzene rings is 3. The number of sulfonamides is 1. The number of aryl methyl sites for hydroxylation is 1. The van der Waals surface area contributed by atoms with Crippen LogP contribution in [0.15, 0.2) is 83.8 Å². The average Bonchev–Trinajstić information content (AvgIpc) is 2.75. The third-order valence-electron chi connectivity index (χ3n) is 4.64. The summed E-state index contributed by atoms with van der Waals surface area (Å²) in [5.41, 5.74) is 2.18. The van der Waals surface area contributed by atoms with Crippen LogP contribution in [0.5, 0.6) is 0 Å². The van der Waals surface area contributed by atoms with Gasteiger partial charge in [-0.3, -0.25) is 9.10 Å². The van der Waals surface area contributed by atoms with Crippen LogP contribution in [0.3, 0.4) is 0 Å². The van der Waals surface area contributed by atoms with Crippen LogP contribution in [0.4, 0.5) is 5.69 Å². The van der Waals surface area contributed by atoms with Crippen LogP contribution in [0, 0.1) is 6.92 Å². The van der Waals surface area contributed by atoms with Crippen LogP contribution in [-0.2, 0) is 21.2 Å². The predicted octanol–water partition coefficient (Wildman–Crippen LogP) is 4.20. The Balaban J connectivity index is 1.83.